The molecule has 0 radical (unpaired) electrons. The molecule has 2 heteroatoms. The highest BCUT2D eigenvalue weighted by Crippen LogP contribution is 2.48. The van der Waals surface area contributed by atoms with Gasteiger partial charge in [-0.2, -0.15) is 0 Å². The average molecular weight is 510 g/mol. The van der Waals surface area contributed by atoms with Gasteiger partial charge in [-0.15, -0.1) is 0 Å². The normalized spacial score (nSPS) is 12.2. The van der Waals surface area contributed by atoms with Gasteiger partial charge < -0.3 is 9.30 Å². The molecule has 2 nitrogen and oxygen atoms in total. The fourth-order valence-corrected chi connectivity index (χ4v) is 6.66. The van der Waals surface area contributed by atoms with Crippen molar-refractivity contribution in [2.24, 2.45) is 0 Å². The number of hydrogen-bond donors (Lipinski definition) is 0. The van der Waals surface area contributed by atoms with E-state index in [9.17, 15) is 0 Å². The van der Waals surface area contributed by atoms with Crippen LogP contribution in [-0.2, 0) is 0 Å². The van der Waals surface area contributed by atoms with Crippen molar-refractivity contribution in [3.63, 3.8) is 0 Å². The molecule has 0 amide bonds. The average Bonchev–Trinajstić information content (AvgIpc) is 3.36. The molecule has 40 heavy (non-hydrogen) atoms. The van der Waals surface area contributed by atoms with Gasteiger partial charge in [-0.1, -0.05) is 103 Å². The van der Waals surface area contributed by atoms with Crippen LogP contribution in [0, 0.1) is 0 Å². The third kappa shape index (κ3) is 2.93. The topological polar surface area (TPSA) is 14.2 Å². The molecular formula is C38H23NO. The summed E-state index contributed by atoms with van der Waals surface area (Å²) >= 11 is 0. The molecule has 186 valence electrons. The first-order valence-corrected chi connectivity index (χ1v) is 13.7. The third-order valence-corrected chi connectivity index (χ3v) is 8.38. The van der Waals surface area contributed by atoms with Gasteiger partial charge in [-0.25, -0.2) is 0 Å². The van der Waals surface area contributed by atoms with Crippen molar-refractivity contribution in [1.29, 1.82) is 0 Å². The Balaban J connectivity index is 1.30. The lowest BCUT2D eigenvalue weighted by atomic mass is 9.90. The summed E-state index contributed by atoms with van der Waals surface area (Å²) < 4.78 is 8.76. The molecule has 0 spiro atoms. The van der Waals surface area contributed by atoms with Crippen LogP contribution < -0.4 is 4.74 Å². The second kappa shape index (κ2) is 8.08. The van der Waals surface area contributed by atoms with Crippen LogP contribution in [0.2, 0.25) is 0 Å². The van der Waals surface area contributed by atoms with Crippen molar-refractivity contribution < 1.29 is 4.74 Å². The molecule has 1 aromatic heterocycles. The van der Waals surface area contributed by atoms with Crippen molar-refractivity contribution in [2.75, 3.05) is 0 Å². The van der Waals surface area contributed by atoms with Crippen LogP contribution in [0.15, 0.2) is 140 Å². The zero-order valence-corrected chi connectivity index (χ0v) is 21.6. The molecule has 0 bridgehead atoms. The standard InChI is InChI=1S/C38H23NO/c1-2-12-28-24(9-1)19-21-34-37(28)32-14-3-5-17-33(32)39(34)26-11-7-10-25(23-26)27-20-22-36-38-30(27)15-8-16-31(38)29-13-4-6-18-35(29)40-36/h1-23H. The van der Waals surface area contributed by atoms with Gasteiger partial charge in [0, 0.05) is 27.4 Å². The van der Waals surface area contributed by atoms with Crippen molar-refractivity contribution in [2.45, 2.75) is 0 Å². The maximum Gasteiger partial charge on any atom is 0.135 e. The first-order chi connectivity index (χ1) is 19.8. The van der Waals surface area contributed by atoms with Crippen molar-refractivity contribution in [3.05, 3.63) is 140 Å². The van der Waals surface area contributed by atoms with E-state index >= 15 is 0 Å². The number of benzene rings is 7. The van der Waals surface area contributed by atoms with E-state index in [4.69, 9.17) is 4.74 Å². The molecule has 2 heterocycles. The van der Waals surface area contributed by atoms with E-state index in [1.54, 1.807) is 0 Å². The Morgan fingerprint density at radius 2 is 1.20 bits per heavy atom. The highest BCUT2D eigenvalue weighted by molar-refractivity contribution is 6.21. The molecule has 9 rings (SSSR count). The van der Waals surface area contributed by atoms with Crippen LogP contribution in [-0.4, -0.2) is 4.57 Å². The monoisotopic (exact) mass is 509 g/mol. The fourth-order valence-electron chi connectivity index (χ4n) is 6.66. The summed E-state index contributed by atoms with van der Waals surface area (Å²) in [4.78, 5) is 0. The van der Waals surface area contributed by atoms with Gasteiger partial charge in [0.25, 0.3) is 0 Å². The fraction of sp³-hybridized carbons (Fsp3) is 0. The molecule has 0 saturated carbocycles. The predicted octanol–water partition coefficient (Wildman–Crippen LogP) is 10.5. The van der Waals surface area contributed by atoms with Gasteiger partial charge in [0.1, 0.15) is 11.5 Å². The zero-order chi connectivity index (χ0) is 26.2. The minimum Gasteiger partial charge on any atom is -0.456 e. The van der Waals surface area contributed by atoms with Gasteiger partial charge in [0.2, 0.25) is 0 Å². The van der Waals surface area contributed by atoms with Crippen molar-refractivity contribution in [3.8, 4) is 39.4 Å². The summed E-state index contributed by atoms with van der Waals surface area (Å²) in [6, 6.07) is 50.1. The van der Waals surface area contributed by atoms with Crippen LogP contribution in [0.4, 0.5) is 0 Å². The van der Waals surface area contributed by atoms with E-state index in [1.807, 2.05) is 12.1 Å². The highest BCUT2D eigenvalue weighted by atomic mass is 16.5. The molecule has 1 aliphatic rings. The summed E-state index contributed by atoms with van der Waals surface area (Å²) in [6.45, 7) is 0. The van der Waals surface area contributed by atoms with Gasteiger partial charge in [0.05, 0.1) is 11.0 Å². The van der Waals surface area contributed by atoms with Crippen LogP contribution in [0.25, 0.3) is 71.3 Å². The lowest BCUT2D eigenvalue weighted by Gasteiger charge is -2.22. The van der Waals surface area contributed by atoms with Gasteiger partial charge in [-0.05, 0) is 69.2 Å². The summed E-state index contributed by atoms with van der Waals surface area (Å²) in [7, 11) is 0. The number of aromatic nitrogens is 1. The van der Waals surface area contributed by atoms with Gasteiger partial charge in [0.15, 0.2) is 0 Å². The minimum absolute atomic E-state index is 0.913. The zero-order valence-electron chi connectivity index (χ0n) is 21.6. The first-order valence-electron chi connectivity index (χ1n) is 13.7. The van der Waals surface area contributed by atoms with E-state index in [0.29, 0.717) is 0 Å². The summed E-state index contributed by atoms with van der Waals surface area (Å²) in [5.41, 5.74) is 8.35. The number of rotatable bonds is 2. The van der Waals surface area contributed by atoms with E-state index in [1.165, 1.54) is 60.0 Å². The maximum absolute atomic E-state index is 6.35. The molecular weight excluding hydrogens is 486 g/mol. The molecule has 7 aromatic carbocycles. The van der Waals surface area contributed by atoms with Crippen LogP contribution in [0.5, 0.6) is 11.5 Å². The largest absolute Gasteiger partial charge is 0.456 e. The number of para-hydroxylation sites is 2. The van der Waals surface area contributed by atoms with Crippen LogP contribution in [0.3, 0.4) is 0 Å². The number of fused-ring (bicyclic) bond motifs is 7. The number of nitrogens with zero attached hydrogens (tertiary/aromatic N) is 1. The molecule has 1 aliphatic heterocycles. The number of hydrogen-bond acceptors (Lipinski definition) is 1. The van der Waals surface area contributed by atoms with Crippen molar-refractivity contribution >= 4 is 43.4 Å². The van der Waals surface area contributed by atoms with E-state index < -0.39 is 0 Å². The second-order valence-electron chi connectivity index (χ2n) is 10.5. The molecule has 0 atom stereocenters. The summed E-state index contributed by atoms with van der Waals surface area (Å²) in [5.74, 6) is 1.83. The smallest absolute Gasteiger partial charge is 0.135 e. The van der Waals surface area contributed by atoms with E-state index in [-0.39, 0.29) is 0 Å². The summed E-state index contributed by atoms with van der Waals surface area (Å²) in [6.07, 6.45) is 0. The molecule has 0 N–H and O–H groups in total. The quantitative estimate of drug-likeness (QED) is 0.226. The van der Waals surface area contributed by atoms with E-state index in [0.717, 1.165) is 22.7 Å². The SMILES string of the molecule is c1cc(-c2ccc3c4c(cccc24)-c2ccccc2O3)cc(-n2c3ccccc3c3c4ccccc4ccc32)c1. The van der Waals surface area contributed by atoms with Gasteiger partial charge >= 0.3 is 0 Å². The molecule has 0 unspecified atom stereocenters. The minimum atomic E-state index is 0.913. The van der Waals surface area contributed by atoms with Crippen LogP contribution in [0.1, 0.15) is 0 Å². The third-order valence-electron chi connectivity index (χ3n) is 8.38. The molecule has 0 fully saturated rings. The Kier molecular flexibility index (Phi) is 4.36. The molecule has 8 aromatic rings. The van der Waals surface area contributed by atoms with Gasteiger partial charge in [-0.3, -0.25) is 0 Å². The maximum atomic E-state index is 6.35. The first kappa shape index (κ1) is 21.6. The summed E-state index contributed by atoms with van der Waals surface area (Å²) in [5, 5.41) is 7.50. The lowest BCUT2D eigenvalue weighted by Crippen LogP contribution is -1.98. The van der Waals surface area contributed by atoms with Crippen LogP contribution >= 0.6 is 0 Å². The Labute approximate surface area is 231 Å². The Hall–Kier alpha value is -5.34. The Morgan fingerprint density at radius 1 is 0.425 bits per heavy atom. The van der Waals surface area contributed by atoms with Crippen molar-refractivity contribution in [1.82, 2.24) is 4.57 Å². The molecule has 0 saturated heterocycles. The lowest BCUT2D eigenvalue weighted by molar-refractivity contribution is 0.487. The number of ether oxygens (including phenoxy) is 1. The second-order valence-corrected chi connectivity index (χ2v) is 10.5. The highest BCUT2D eigenvalue weighted by Gasteiger charge is 2.21. The Morgan fingerprint density at radius 3 is 2.17 bits per heavy atom. The molecule has 0 aliphatic carbocycles. The predicted molar refractivity (Wildman–Crippen MR) is 167 cm³/mol. The van der Waals surface area contributed by atoms with E-state index in [2.05, 4.69) is 132 Å². The Bertz CT molecular complexity index is 2310.